The van der Waals surface area contributed by atoms with Crippen LogP contribution < -0.4 is 0 Å². The van der Waals surface area contributed by atoms with Gasteiger partial charge < -0.3 is 9.97 Å². The van der Waals surface area contributed by atoms with Crippen LogP contribution in [0.1, 0.15) is 5.56 Å². The number of aromatic amines is 2. The van der Waals surface area contributed by atoms with Crippen molar-refractivity contribution in [3.63, 3.8) is 0 Å². The van der Waals surface area contributed by atoms with E-state index < -0.39 is 0 Å². The molecule has 0 aliphatic rings. The topological polar surface area (TPSA) is 70.2 Å². The Morgan fingerprint density at radius 2 is 1.70 bits per heavy atom. The van der Waals surface area contributed by atoms with Crippen molar-refractivity contribution in [2.24, 2.45) is 0 Å². The molecule has 4 aromatic heterocycles. The Morgan fingerprint density at radius 3 is 2.53 bits per heavy atom. The molecule has 0 radical (unpaired) electrons. The van der Waals surface area contributed by atoms with Crippen LogP contribution in [0.3, 0.4) is 0 Å². The van der Waals surface area contributed by atoms with Crippen LogP contribution in [0.5, 0.6) is 0 Å². The van der Waals surface area contributed by atoms with Crippen molar-refractivity contribution < 1.29 is 0 Å². The molecule has 0 amide bonds. The highest BCUT2D eigenvalue weighted by atomic mass is 32.1. The van der Waals surface area contributed by atoms with Gasteiger partial charge in [0.25, 0.3) is 0 Å². The number of benzene rings is 2. The van der Waals surface area contributed by atoms with Crippen molar-refractivity contribution in [3.05, 3.63) is 63.5 Å². The average molecular weight is 444 g/mol. The second-order valence-electron chi connectivity index (χ2n) is 7.16. The molecular formula is C22H13N5S3. The summed E-state index contributed by atoms with van der Waals surface area (Å²) in [5, 5.41) is 11.0. The SMILES string of the molecule is Cc1ccc(-c2c3nnc4ccccc4c3nc3sc4c(=S)[nH]c(=S)[nH]c4c23)cc1. The van der Waals surface area contributed by atoms with Crippen molar-refractivity contribution in [2.45, 2.75) is 6.92 Å². The van der Waals surface area contributed by atoms with Crippen LogP contribution in [-0.2, 0) is 0 Å². The molecule has 0 bridgehead atoms. The van der Waals surface area contributed by atoms with Gasteiger partial charge >= 0.3 is 0 Å². The lowest BCUT2D eigenvalue weighted by molar-refractivity contribution is 1.12. The van der Waals surface area contributed by atoms with Gasteiger partial charge in [-0.25, -0.2) is 4.98 Å². The van der Waals surface area contributed by atoms with E-state index in [2.05, 4.69) is 51.4 Å². The third-order valence-electron chi connectivity index (χ3n) is 5.24. The largest absolute Gasteiger partial charge is 0.331 e. The van der Waals surface area contributed by atoms with Gasteiger partial charge in [-0.05, 0) is 30.8 Å². The minimum Gasteiger partial charge on any atom is -0.331 e. The third kappa shape index (κ3) is 2.54. The predicted molar refractivity (Wildman–Crippen MR) is 128 cm³/mol. The molecule has 30 heavy (non-hydrogen) atoms. The van der Waals surface area contributed by atoms with Gasteiger partial charge in [-0.1, -0.05) is 60.2 Å². The van der Waals surface area contributed by atoms with Gasteiger partial charge in [0.2, 0.25) is 0 Å². The lowest BCUT2D eigenvalue weighted by atomic mass is 9.99. The van der Waals surface area contributed by atoms with Gasteiger partial charge in [-0.2, -0.15) is 0 Å². The molecule has 2 aromatic carbocycles. The fourth-order valence-corrected chi connectivity index (χ4v) is 5.49. The van der Waals surface area contributed by atoms with Crippen LogP contribution in [0.25, 0.3) is 53.5 Å². The summed E-state index contributed by atoms with van der Waals surface area (Å²) >= 11 is 12.5. The quantitative estimate of drug-likeness (QED) is 0.220. The van der Waals surface area contributed by atoms with E-state index >= 15 is 0 Å². The van der Waals surface area contributed by atoms with Crippen LogP contribution in [0.2, 0.25) is 0 Å². The number of fused-ring (bicyclic) bond motifs is 6. The summed E-state index contributed by atoms with van der Waals surface area (Å²) in [5.74, 6) is 0. The predicted octanol–water partition coefficient (Wildman–Crippen LogP) is 6.64. The second kappa shape index (κ2) is 6.46. The first-order valence-electron chi connectivity index (χ1n) is 9.31. The molecule has 6 aromatic rings. The summed E-state index contributed by atoms with van der Waals surface area (Å²) in [5.41, 5.74) is 6.56. The number of hydrogen-bond acceptors (Lipinski definition) is 6. The monoisotopic (exact) mass is 443 g/mol. The molecule has 6 rings (SSSR count). The Balaban J connectivity index is 1.93. The smallest absolute Gasteiger partial charge is 0.175 e. The van der Waals surface area contributed by atoms with Crippen molar-refractivity contribution >= 4 is 78.1 Å². The lowest BCUT2D eigenvalue weighted by Crippen LogP contribution is -1.94. The third-order valence-corrected chi connectivity index (χ3v) is 6.98. The molecule has 4 heterocycles. The zero-order chi connectivity index (χ0) is 20.4. The number of nitrogens with one attached hydrogen (secondary N) is 2. The molecule has 2 N–H and O–H groups in total. The first-order chi connectivity index (χ1) is 14.6. The van der Waals surface area contributed by atoms with Crippen molar-refractivity contribution in [2.75, 3.05) is 0 Å². The van der Waals surface area contributed by atoms with Gasteiger partial charge in [0, 0.05) is 16.3 Å². The Kier molecular flexibility index (Phi) is 3.83. The molecule has 0 aliphatic heterocycles. The Bertz CT molecular complexity index is 1740. The molecule has 0 unspecified atom stereocenters. The molecule has 0 fully saturated rings. The summed E-state index contributed by atoms with van der Waals surface area (Å²) in [6.07, 6.45) is 0. The van der Waals surface area contributed by atoms with E-state index in [0.29, 0.717) is 9.41 Å². The molecule has 5 nitrogen and oxygen atoms in total. The van der Waals surface area contributed by atoms with E-state index in [1.165, 1.54) is 5.56 Å². The maximum absolute atomic E-state index is 5.56. The molecule has 0 saturated heterocycles. The number of H-pyrrole nitrogens is 2. The number of aryl methyl sites for hydroxylation is 1. The van der Waals surface area contributed by atoms with Crippen LogP contribution in [0.15, 0.2) is 48.5 Å². The number of rotatable bonds is 1. The van der Waals surface area contributed by atoms with E-state index in [-0.39, 0.29) is 0 Å². The van der Waals surface area contributed by atoms with Crippen LogP contribution in [-0.4, -0.2) is 25.1 Å². The molecule has 0 spiro atoms. The molecular weight excluding hydrogens is 430 g/mol. The number of nitrogens with zero attached hydrogens (tertiary/aromatic N) is 3. The normalized spacial score (nSPS) is 11.8. The minimum absolute atomic E-state index is 0.492. The summed E-state index contributed by atoms with van der Waals surface area (Å²) < 4.78 is 2.04. The molecule has 0 aliphatic carbocycles. The van der Waals surface area contributed by atoms with E-state index in [1.54, 1.807) is 11.3 Å². The van der Waals surface area contributed by atoms with Crippen LogP contribution in [0.4, 0.5) is 0 Å². The molecule has 0 atom stereocenters. The van der Waals surface area contributed by atoms with Gasteiger partial charge in [0.05, 0.1) is 15.7 Å². The number of thiophene rings is 1. The van der Waals surface area contributed by atoms with E-state index in [4.69, 9.17) is 29.4 Å². The summed E-state index contributed by atoms with van der Waals surface area (Å²) in [6.45, 7) is 2.08. The fraction of sp³-hybridized carbons (Fsp3) is 0.0455. The second-order valence-corrected chi connectivity index (χ2v) is 8.98. The maximum atomic E-state index is 5.56. The highest BCUT2D eigenvalue weighted by Crippen LogP contribution is 2.42. The summed E-state index contributed by atoms with van der Waals surface area (Å²) in [6, 6.07) is 16.4. The minimum atomic E-state index is 0.492. The number of pyridine rings is 1. The summed E-state index contributed by atoms with van der Waals surface area (Å²) in [4.78, 5) is 12.2. The number of aromatic nitrogens is 5. The van der Waals surface area contributed by atoms with E-state index in [9.17, 15) is 0 Å². The zero-order valence-electron chi connectivity index (χ0n) is 15.7. The first-order valence-corrected chi connectivity index (χ1v) is 10.9. The first kappa shape index (κ1) is 17.8. The van der Waals surface area contributed by atoms with E-state index in [1.807, 2.05) is 24.3 Å². The zero-order valence-corrected chi connectivity index (χ0v) is 18.1. The standard InChI is InChI=1S/C22H13N5S3/c1-10-6-8-11(9-7-10)14-15-18-19(20(28)25-22(29)24-18)30-21(15)23-16-12-4-2-3-5-13(12)26-27-17(14)16/h2-9H,1H3,(H2,24,25,28,29). The fourth-order valence-electron chi connectivity index (χ4n) is 3.86. The Hall–Kier alpha value is -3.07. The Morgan fingerprint density at radius 1 is 0.900 bits per heavy atom. The van der Waals surface area contributed by atoms with Gasteiger partial charge in [-0.3, -0.25) is 0 Å². The van der Waals surface area contributed by atoms with Gasteiger partial charge in [0.1, 0.15) is 20.5 Å². The summed E-state index contributed by atoms with van der Waals surface area (Å²) in [7, 11) is 0. The van der Waals surface area contributed by atoms with Gasteiger partial charge in [-0.15, -0.1) is 21.5 Å². The molecule has 144 valence electrons. The molecule has 0 saturated carbocycles. The highest BCUT2D eigenvalue weighted by molar-refractivity contribution is 7.72. The number of hydrogen-bond donors (Lipinski definition) is 2. The lowest BCUT2D eigenvalue weighted by Gasteiger charge is -2.10. The maximum Gasteiger partial charge on any atom is 0.175 e. The van der Waals surface area contributed by atoms with Crippen LogP contribution >= 0.6 is 35.8 Å². The highest BCUT2D eigenvalue weighted by Gasteiger charge is 2.20. The van der Waals surface area contributed by atoms with Gasteiger partial charge in [0.15, 0.2) is 4.77 Å². The Labute approximate surface area is 184 Å². The van der Waals surface area contributed by atoms with Crippen molar-refractivity contribution in [1.29, 1.82) is 0 Å². The van der Waals surface area contributed by atoms with Crippen LogP contribution in [0, 0.1) is 16.3 Å². The van der Waals surface area contributed by atoms with E-state index in [0.717, 1.165) is 53.5 Å². The van der Waals surface area contributed by atoms with Crippen molar-refractivity contribution in [3.8, 4) is 11.1 Å². The van der Waals surface area contributed by atoms with Crippen molar-refractivity contribution in [1.82, 2.24) is 25.1 Å². The average Bonchev–Trinajstić information content (AvgIpc) is 3.11. The molecule has 8 heteroatoms.